The van der Waals surface area contributed by atoms with Gasteiger partial charge in [-0.3, -0.25) is 4.79 Å². The number of rotatable bonds is 1. The summed E-state index contributed by atoms with van der Waals surface area (Å²) in [5, 5.41) is 19.2. The van der Waals surface area contributed by atoms with Gasteiger partial charge in [0.1, 0.15) is 5.82 Å². The highest BCUT2D eigenvalue weighted by atomic mass is 79.9. The number of likely N-dealkylation sites (tertiary alicyclic amines) is 1. The number of hydrogen-bond acceptors (Lipinski definition) is 3. The van der Waals surface area contributed by atoms with Crippen molar-refractivity contribution in [2.24, 2.45) is 0 Å². The van der Waals surface area contributed by atoms with Crippen LogP contribution in [0.4, 0.5) is 4.39 Å². The fourth-order valence-electron chi connectivity index (χ4n) is 2.29. The lowest BCUT2D eigenvalue weighted by Gasteiger charge is -2.33. The van der Waals surface area contributed by atoms with Gasteiger partial charge >= 0.3 is 0 Å². The van der Waals surface area contributed by atoms with Gasteiger partial charge in [0.05, 0.1) is 17.8 Å². The number of nitrogens with zero attached hydrogens (tertiary/aromatic N) is 1. The molecule has 1 aliphatic rings. The summed E-state index contributed by atoms with van der Waals surface area (Å²) >= 11 is 3.26. The molecule has 104 valence electrons. The van der Waals surface area contributed by atoms with Crippen LogP contribution < -0.4 is 0 Å². The second-order valence-corrected chi connectivity index (χ2v) is 5.64. The van der Waals surface area contributed by atoms with E-state index in [2.05, 4.69) is 15.9 Å². The molecular formula is C13H15BrFNO3. The quantitative estimate of drug-likeness (QED) is 0.819. The molecule has 2 atom stereocenters. The van der Waals surface area contributed by atoms with Crippen LogP contribution in [-0.2, 0) is 0 Å². The molecule has 6 heteroatoms. The van der Waals surface area contributed by atoms with Gasteiger partial charge < -0.3 is 15.1 Å². The van der Waals surface area contributed by atoms with Gasteiger partial charge in [0.15, 0.2) is 0 Å². The van der Waals surface area contributed by atoms with Gasteiger partial charge in [0.25, 0.3) is 5.91 Å². The standard InChI is InChI=1S/C13H15BrFNO3/c1-7-10(14)2-3-11(15)12(7)13(19)16-5-8(17)4-9(18)6-16/h2-3,8-9,17-18H,4-6H2,1H3/t8-,9+. The first kappa shape index (κ1) is 14.4. The molecule has 2 N–H and O–H groups in total. The second kappa shape index (κ2) is 5.56. The van der Waals surface area contributed by atoms with Crippen LogP contribution in [0.5, 0.6) is 0 Å². The van der Waals surface area contributed by atoms with E-state index in [0.717, 1.165) is 0 Å². The van der Waals surface area contributed by atoms with E-state index in [1.54, 1.807) is 13.0 Å². The lowest BCUT2D eigenvalue weighted by molar-refractivity contribution is -0.00408. The third-order valence-corrected chi connectivity index (χ3v) is 4.11. The van der Waals surface area contributed by atoms with E-state index < -0.39 is 23.9 Å². The molecule has 1 aromatic rings. The summed E-state index contributed by atoms with van der Waals surface area (Å²) in [6.07, 6.45) is -1.31. The fraction of sp³-hybridized carbons (Fsp3) is 0.462. The van der Waals surface area contributed by atoms with Crippen LogP contribution in [0, 0.1) is 12.7 Å². The van der Waals surface area contributed by atoms with Crippen molar-refractivity contribution in [2.75, 3.05) is 13.1 Å². The maximum absolute atomic E-state index is 13.8. The predicted molar refractivity (Wildman–Crippen MR) is 71.4 cm³/mol. The third-order valence-electron chi connectivity index (χ3n) is 3.26. The van der Waals surface area contributed by atoms with Crippen molar-refractivity contribution in [3.8, 4) is 0 Å². The van der Waals surface area contributed by atoms with Gasteiger partial charge in [-0.05, 0) is 24.6 Å². The maximum Gasteiger partial charge on any atom is 0.257 e. The number of hydrogen-bond donors (Lipinski definition) is 2. The first-order valence-electron chi connectivity index (χ1n) is 6.00. The zero-order chi connectivity index (χ0) is 14.2. The average Bonchev–Trinajstić information content (AvgIpc) is 2.33. The molecule has 1 aliphatic heterocycles. The van der Waals surface area contributed by atoms with Gasteiger partial charge in [-0.15, -0.1) is 0 Å². The van der Waals surface area contributed by atoms with Crippen LogP contribution in [0.2, 0.25) is 0 Å². The van der Waals surface area contributed by atoms with Crippen molar-refractivity contribution in [3.05, 3.63) is 33.5 Å². The molecule has 1 amide bonds. The van der Waals surface area contributed by atoms with Gasteiger partial charge in [-0.2, -0.15) is 0 Å². The third kappa shape index (κ3) is 2.96. The van der Waals surface area contributed by atoms with E-state index in [0.29, 0.717) is 10.0 Å². The Kier molecular flexibility index (Phi) is 4.23. The van der Waals surface area contributed by atoms with E-state index >= 15 is 0 Å². The number of benzene rings is 1. The number of carbonyl (C=O) groups is 1. The number of aliphatic hydroxyl groups is 2. The Hall–Kier alpha value is -0.980. The van der Waals surface area contributed by atoms with Crippen LogP contribution in [0.15, 0.2) is 16.6 Å². The maximum atomic E-state index is 13.8. The summed E-state index contributed by atoms with van der Waals surface area (Å²) < 4.78 is 14.5. The summed E-state index contributed by atoms with van der Waals surface area (Å²) in [6.45, 7) is 1.87. The zero-order valence-corrected chi connectivity index (χ0v) is 12.0. The summed E-state index contributed by atoms with van der Waals surface area (Å²) in [5.41, 5.74) is 0.496. The largest absolute Gasteiger partial charge is 0.391 e. The lowest BCUT2D eigenvalue weighted by Crippen LogP contribution is -2.48. The van der Waals surface area contributed by atoms with Crippen molar-refractivity contribution >= 4 is 21.8 Å². The Morgan fingerprint density at radius 3 is 2.53 bits per heavy atom. The highest BCUT2D eigenvalue weighted by Gasteiger charge is 2.30. The van der Waals surface area contributed by atoms with E-state index in [9.17, 15) is 19.4 Å². The molecule has 0 radical (unpaired) electrons. The Morgan fingerprint density at radius 1 is 1.37 bits per heavy atom. The molecule has 0 unspecified atom stereocenters. The van der Waals surface area contributed by atoms with Gasteiger partial charge in [0, 0.05) is 24.0 Å². The molecular weight excluding hydrogens is 317 g/mol. The molecule has 4 nitrogen and oxygen atoms in total. The van der Waals surface area contributed by atoms with E-state index in [4.69, 9.17) is 0 Å². The Balaban J connectivity index is 2.32. The lowest BCUT2D eigenvalue weighted by atomic mass is 10.0. The van der Waals surface area contributed by atoms with Crippen LogP contribution in [0.3, 0.4) is 0 Å². The molecule has 1 aromatic carbocycles. The van der Waals surface area contributed by atoms with E-state index in [1.165, 1.54) is 11.0 Å². The van der Waals surface area contributed by atoms with Crippen molar-refractivity contribution in [1.82, 2.24) is 4.90 Å². The molecule has 1 fully saturated rings. The van der Waals surface area contributed by atoms with Crippen LogP contribution in [-0.4, -0.2) is 46.3 Å². The SMILES string of the molecule is Cc1c(Br)ccc(F)c1C(=O)N1C[C@H](O)C[C@H](O)C1. The normalized spacial score (nSPS) is 23.5. The minimum atomic E-state index is -0.775. The Labute approximate surface area is 119 Å². The molecule has 1 saturated heterocycles. The fourth-order valence-corrected chi connectivity index (χ4v) is 2.62. The molecule has 0 aromatic heterocycles. The monoisotopic (exact) mass is 331 g/mol. The molecule has 2 rings (SSSR count). The number of β-amino-alcohol motifs (C(OH)–C–C–N with tert-alkyl or cyclic N) is 2. The topological polar surface area (TPSA) is 60.8 Å². The van der Waals surface area contributed by atoms with Gasteiger partial charge in [-0.25, -0.2) is 4.39 Å². The van der Waals surface area contributed by atoms with Gasteiger partial charge in [-0.1, -0.05) is 15.9 Å². The minimum Gasteiger partial charge on any atom is -0.391 e. The number of amides is 1. The van der Waals surface area contributed by atoms with Crippen molar-refractivity contribution in [2.45, 2.75) is 25.6 Å². The van der Waals surface area contributed by atoms with Gasteiger partial charge in [0.2, 0.25) is 0 Å². The van der Waals surface area contributed by atoms with Crippen LogP contribution >= 0.6 is 15.9 Å². The number of halogens is 2. The first-order valence-corrected chi connectivity index (χ1v) is 6.79. The molecule has 0 spiro atoms. The molecule has 0 bridgehead atoms. The van der Waals surface area contributed by atoms with Crippen LogP contribution in [0.1, 0.15) is 22.3 Å². The number of piperidine rings is 1. The average molecular weight is 332 g/mol. The molecule has 0 aliphatic carbocycles. The highest BCUT2D eigenvalue weighted by molar-refractivity contribution is 9.10. The Bertz CT molecular complexity index is 499. The first-order chi connectivity index (χ1) is 8.90. The van der Waals surface area contributed by atoms with Crippen molar-refractivity contribution in [1.29, 1.82) is 0 Å². The van der Waals surface area contributed by atoms with E-state index in [-0.39, 0.29) is 25.1 Å². The summed E-state index contributed by atoms with van der Waals surface area (Å²) in [7, 11) is 0. The number of aliphatic hydroxyl groups excluding tert-OH is 2. The molecule has 19 heavy (non-hydrogen) atoms. The molecule has 1 heterocycles. The minimum absolute atomic E-state index is 0.0179. The second-order valence-electron chi connectivity index (χ2n) is 4.78. The van der Waals surface area contributed by atoms with Crippen molar-refractivity contribution < 1.29 is 19.4 Å². The smallest absolute Gasteiger partial charge is 0.257 e. The predicted octanol–water partition coefficient (Wildman–Crippen LogP) is 1.46. The van der Waals surface area contributed by atoms with Crippen LogP contribution in [0.25, 0.3) is 0 Å². The Morgan fingerprint density at radius 2 is 1.95 bits per heavy atom. The summed E-state index contributed by atoms with van der Waals surface area (Å²) in [6, 6.07) is 2.77. The highest BCUT2D eigenvalue weighted by Crippen LogP contribution is 2.25. The van der Waals surface area contributed by atoms with Crippen molar-refractivity contribution in [3.63, 3.8) is 0 Å². The molecule has 0 saturated carbocycles. The summed E-state index contributed by atoms with van der Waals surface area (Å²) in [4.78, 5) is 13.6. The zero-order valence-electron chi connectivity index (χ0n) is 10.4. The van der Waals surface area contributed by atoms with E-state index in [1.807, 2.05) is 0 Å². The summed E-state index contributed by atoms with van der Waals surface area (Å²) in [5.74, 6) is -1.10. The number of carbonyl (C=O) groups excluding carboxylic acids is 1.